The molecule has 0 radical (unpaired) electrons. The molecule has 1 aliphatic carbocycles. The minimum absolute atomic E-state index is 0.0310. The first kappa shape index (κ1) is 13.2. The second-order valence-corrected chi connectivity index (χ2v) is 5.95. The first-order valence-corrected chi connectivity index (χ1v) is 7.26. The van der Waals surface area contributed by atoms with Crippen LogP contribution in [0.2, 0.25) is 0 Å². The highest BCUT2D eigenvalue weighted by Crippen LogP contribution is 2.42. The molecule has 1 aromatic rings. The number of benzene rings is 1. The maximum absolute atomic E-state index is 12.6. The molecule has 2 fully saturated rings. The lowest BCUT2D eigenvalue weighted by atomic mass is 9.81. The molecular formula is C16H20N2O2. The number of imide groups is 1. The molecule has 0 spiro atoms. The topological polar surface area (TPSA) is 63.4 Å². The van der Waals surface area contributed by atoms with Crippen LogP contribution >= 0.6 is 0 Å². The molecule has 2 aliphatic rings. The molecule has 1 aliphatic heterocycles. The zero-order chi connectivity index (χ0) is 14.4. The standard InChI is InChI=1S/C16H20N2O2/c1-9-7-8-13(17)10(2)14(9)18-15(19)11-5-3-4-6-12(11)16(18)20/h7-8,11-12H,3-6,17H2,1-2H3. The van der Waals surface area contributed by atoms with E-state index in [1.165, 1.54) is 4.90 Å². The van der Waals surface area contributed by atoms with Gasteiger partial charge in [-0.25, -0.2) is 4.90 Å². The Morgan fingerprint density at radius 3 is 2.15 bits per heavy atom. The van der Waals surface area contributed by atoms with Crippen molar-refractivity contribution >= 4 is 23.2 Å². The van der Waals surface area contributed by atoms with Crippen LogP contribution in [0.15, 0.2) is 12.1 Å². The molecule has 2 N–H and O–H groups in total. The maximum atomic E-state index is 12.6. The van der Waals surface area contributed by atoms with E-state index in [-0.39, 0.29) is 23.7 Å². The van der Waals surface area contributed by atoms with Gasteiger partial charge in [0, 0.05) is 5.69 Å². The smallest absolute Gasteiger partial charge is 0.237 e. The van der Waals surface area contributed by atoms with Gasteiger partial charge < -0.3 is 5.73 Å². The number of rotatable bonds is 1. The summed E-state index contributed by atoms with van der Waals surface area (Å²) in [5.41, 5.74) is 9.03. The summed E-state index contributed by atoms with van der Waals surface area (Å²) in [6.07, 6.45) is 3.77. The van der Waals surface area contributed by atoms with Crippen LogP contribution in [-0.4, -0.2) is 11.8 Å². The SMILES string of the molecule is Cc1ccc(N)c(C)c1N1C(=O)C2CCCCC2C1=O. The Bertz CT molecular complexity index is 570. The summed E-state index contributed by atoms with van der Waals surface area (Å²) in [6, 6.07) is 3.70. The number of nitrogens with two attached hydrogens (primary N) is 1. The van der Waals surface area contributed by atoms with Gasteiger partial charge in [-0.1, -0.05) is 18.9 Å². The molecule has 3 rings (SSSR count). The number of anilines is 2. The van der Waals surface area contributed by atoms with Crippen molar-refractivity contribution in [2.24, 2.45) is 11.8 Å². The molecule has 20 heavy (non-hydrogen) atoms. The van der Waals surface area contributed by atoms with Crippen LogP contribution in [0, 0.1) is 25.7 Å². The van der Waals surface area contributed by atoms with Gasteiger partial charge in [0.2, 0.25) is 11.8 Å². The molecule has 2 atom stereocenters. The fourth-order valence-electron chi connectivity index (χ4n) is 3.58. The zero-order valence-corrected chi connectivity index (χ0v) is 12.0. The second-order valence-electron chi connectivity index (χ2n) is 5.95. The molecule has 2 unspecified atom stereocenters. The number of hydrogen-bond donors (Lipinski definition) is 1. The molecule has 0 aromatic heterocycles. The number of carbonyl (C=O) groups is 2. The van der Waals surface area contributed by atoms with Crippen LogP contribution in [0.25, 0.3) is 0 Å². The van der Waals surface area contributed by atoms with Crippen molar-refractivity contribution in [3.8, 4) is 0 Å². The lowest BCUT2D eigenvalue weighted by molar-refractivity contribution is -0.122. The molecule has 2 amide bonds. The highest BCUT2D eigenvalue weighted by Gasteiger charge is 2.49. The zero-order valence-electron chi connectivity index (χ0n) is 12.0. The highest BCUT2D eigenvalue weighted by atomic mass is 16.2. The van der Waals surface area contributed by atoms with E-state index in [1.54, 1.807) is 0 Å². The minimum Gasteiger partial charge on any atom is -0.398 e. The molecule has 4 nitrogen and oxygen atoms in total. The van der Waals surface area contributed by atoms with Gasteiger partial charge in [0.15, 0.2) is 0 Å². The van der Waals surface area contributed by atoms with Crippen molar-refractivity contribution in [2.45, 2.75) is 39.5 Å². The average Bonchev–Trinajstić information content (AvgIpc) is 2.69. The van der Waals surface area contributed by atoms with E-state index >= 15 is 0 Å². The Balaban J connectivity index is 2.09. The number of fused-ring (bicyclic) bond motifs is 1. The van der Waals surface area contributed by atoms with Gasteiger partial charge in [0.25, 0.3) is 0 Å². The number of amides is 2. The normalized spacial score (nSPS) is 26.0. The third kappa shape index (κ3) is 1.74. The summed E-state index contributed by atoms with van der Waals surface area (Å²) in [6.45, 7) is 3.80. The fraction of sp³-hybridized carbons (Fsp3) is 0.500. The van der Waals surface area contributed by atoms with Crippen molar-refractivity contribution in [3.05, 3.63) is 23.3 Å². The van der Waals surface area contributed by atoms with Crippen LogP contribution in [0.1, 0.15) is 36.8 Å². The van der Waals surface area contributed by atoms with Gasteiger partial charge in [-0.05, 0) is 43.9 Å². The first-order valence-electron chi connectivity index (χ1n) is 7.26. The first-order chi connectivity index (χ1) is 9.52. The Morgan fingerprint density at radius 2 is 1.60 bits per heavy atom. The van der Waals surface area contributed by atoms with Crippen LogP contribution in [0.5, 0.6) is 0 Å². The molecule has 4 heteroatoms. The summed E-state index contributed by atoms with van der Waals surface area (Å²) in [5, 5.41) is 0. The third-order valence-electron chi connectivity index (χ3n) is 4.74. The Kier molecular flexibility index (Phi) is 3.04. The van der Waals surface area contributed by atoms with E-state index in [0.29, 0.717) is 11.4 Å². The van der Waals surface area contributed by atoms with E-state index in [4.69, 9.17) is 5.73 Å². The van der Waals surface area contributed by atoms with Crippen molar-refractivity contribution in [1.82, 2.24) is 0 Å². The van der Waals surface area contributed by atoms with Crippen LogP contribution in [-0.2, 0) is 9.59 Å². The van der Waals surface area contributed by atoms with Crippen LogP contribution < -0.4 is 10.6 Å². The predicted molar refractivity (Wildman–Crippen MR) is 78.3 cm³/mol. The number of aryl methyl sites for hydroxylation is 1. The summed E-state index contributed by atoms with van der Waals surface area (Å²) in [5.74, 6) is -0.291. The van der Waals surface area contributed by atoms with E-state index < -0.39 is 0 Å². The fourth-order valence-corrected chi connectivity index (χ4v) is 3.58. The predicted octanol–water partition coefficient (Wildman–Crippen LogP) is 2.57. The summed E-state index contributed by atoms with van der Waals surface area (Å²) >= 11 is 0. The van der Waals surface area contributed by atoms with Gasteiger partial charge in [-0.2, -0.15) is 0 Å². The maximum Gasteiger partial charge on any atom is 0.237 e. The van der Waals surface area contributed by atoms with Gasteiger partial charge in [0.05, 0.1) is 17.5 Å². The van der Waals surface area contributed by atoms with Crippen LogP contribution in [0.4, 0.5) is 11.4 Å². The summed E-state index contributed by atoms with van der Waals surface area (Å²) < 4.78 is 0. The van der Waals surface area contributed by atoms with E-state index in [9.17, 15) is 9.59 Å². The molecule has 1 saturated carbocycles. The van der Waals surface area contributed by atoms with Crippen molar-refractivity contribution in [1.29, 1.82) is 0 Å². The van der Waals surface area contributed by atoms with Crippen molar-refractivity contribution < 1.29 is 9.59 Å². The lowest BCUT2D eigenvalue weighted by Crippen LogP contribution is -2.32. The van der Waals surface area contributed by atoms with E-state index in [0.717, 1.165) is 36.8 Å². The molecule has 1 saturated heterocycles. The van der Waals surface area contributed by atoms with Gasteiger partial charge in [-0.3, -0.25) is 9.59 Å². The second kappa shape index (κ2) is 4.62. The molecule has 1 aromatic carbocycles. The number of nitrogen functional groups attached to an aromatic ring is 1. The van der Waals surface area contributed by atoms with Crippen molar-refractivity contribution in [2.75, 3.05) is 10.6 Å². The largest absolute Gasteiger partial charge is 0.398 e. The summed E-state index contributed by atoms with van der Waals surface area (Å²) in [4.78, 5) is 26.7. The van der Waals surface area contributed by atoms with Gasteiger partial charge in [0.1, 0.15) is 0 Å². The monoisotopic (exact) mass is 272 g/mol. The van der Waals surface area contributed by atoms with Gasteiger partial charge >= 0.3 is 0 Å². The number of hydrogen-bond acceptors (Lipinski definition) is 3. The van der Waals surface area contributed by atoms with Crippen molar-refractivity contribution in [3.63, 3.8) is 0 Å². The molecular weight excluding hydrogens is 252 g/mol. The molecule has 1 heterocycles. The Hall–Kier alpha value is -1.84. The number of nitrogens with zero attached hydrogens (tertiary/aromatic N) is 1. The molecule has 0 bridgehead atoms. The Labute approximate surface area is 118 Å². The minimum atomic E-state index is -0.114. The Morgan fingerprint density at radius 1 is 1.05 bits per heavy atom. The summed E-state index contributed by atoms with van der Waals surface area (Å²) in [7, 11) is 0. The van der Waals surface area contributed by atoms with E-state index in [1.807, 2.05) is 26.0 Å². The molecule has 106 valence electrons. The van der Waals surface area contributed by atoms with Gasteiger partial charge in [-0.15, -0.1) is 0 Å². The quantitative estimate of drug-likeness (QED) is 0.631. The highest BCUT2D eigenvalue weighted by molar-refractivity contribution is 6.23. The number of carbonyl (C=O) groups excluding carboxylic acids is 2. The van der Waals surface area contributed by atoms with E-state index in [2.05, 4.69) is 0 Å². The average molecular weight is 272 g/mol. The lowest BCUT2D eigenvalue weighted by Gasteiger charge is -2.21. The van der Waals surface area contributed by atoms with Crippen LogP contribution in [0.3, 0.4) is 0 Å². The third-order valence-corrected chi connectivity index (χ3v) is 4.74.